The highest BCUT2D eigenvalue weighted by Gasteiger charge is 2.27. The molecule has 9 heteroatoms. The second-order valence-corrected chi connectivity index (χ2v) is 5.17. The van der Waals surface area contributed by atoms with Crippen LogP contribution in [0.15, 0.2) is 22.5 Å². The van der Waals surface area contributed by atoms with E-state index in [1.165, 1.54) is 9.78 Å². The molecule has 0 aliphatic carbocycles. The molecule has 1 fully saturated rings. The van der Waals surface area contributed by atoms with Gasteiger partial charge in [0.25, 0.3) is 0 Å². The Morgan fingerprint density at radius 2 is 2.29 bits per heavy atom. The van der Waals surface area contributed by atoms with E-state index in [-0.39, 0.29) is 42.5 Å². The highest BCUT2D eigenvalue weighted by Crippen LogP contribution is 2.07. The first-order valence-electron chi connectivity index (χ1n) is 6.26. The van der Waals surface area contributed by atoms with Crippen molar-refractivity contribution in [3.8, 4) is 0 Å². The zero-order valence-electron chi connectivity index (χ0n) is 11.6. The minimum atomic E-state index is -0.335. The average molecular weight is 423 g/mol. The number of imide groups is 1. The average Bonchev–Trinajstić information content (AvgIpc) is 3.06. The van der Waals surface area contributed by atoms with E-state index in [2.05, 4.69) is 20.9 Å². The molecule has 3 amide bonds. The summed E-state index contributed by atoms with van der Waals surface area (Å²) < 4.78 is 0. The Labute approximate surface area is 144 Å². The van der Waals surface area contributed by atoms with Gasteiger partial charge in [-0.15, -0.1) is 35.3 Å². The summed E-state index contributed by atoms with van der Waals surface area (Å²) in [6.45, 7) is 1.57. The summed E-state index contributed by atoms with van der Waals surface area (Å²) in [6, 6.07) is 3.70. The lowest BCUT2D eigenvalue weighted by Crippen LogP contribution is -2.42. The lowest BCUT2D eigenvalue weighted by atomic mass is 10.4. The van der Waals surface area contributed by atoms with Crippen LogP contribution in [-0.4, -0.2) is 49.5 Å². The fraction of sp³-hybridized carbons (Fsp3) is 0.417. The van der Waals surface area contributed by atoms with Crippen LogP contribution in [0.25, 0.3) is 0 Å². The highest BCUT2D eigenvalue weighted by molar-refractivity contribution is 14.0. The van der Waals surface area contributed by atoms with Crippen molar-refractivity contribution in [2.24, 2.45) is 4.99 Å². The molecule has 0 bridgehead atoms. The highest BCUT2D eigenvalue weighted by atomic mass is 127. The number of carbonyl (C=O) groups excluding carboxylic acids is 2. The monoisotopic (exact) mass is 423 g/mol. The van der Waals surface area contributed by atoms with Gasteiger partial charge < -0.3 is 16.0 Å². The molecule has 1 aliphatic heterocycles. The third-order valence-corrected chi connectivity index (χ3v) is 3.68. The molecular formula is C12H18IN5O2S. The predicted molar refractivity (Wildman–Crippen MR) is 93.0 cm³/mol. The number of nitrogens with zero attached hydrogens (tertiary/aromatic N) is 2. The third kappa shape index (κ3) is 5.16. The quantitative estimate of drug-likeness (QED) is 0.280. The summed E-state index contributed by atoms with van der Waals surface area (Å²) in [5.41, 5.74) is 0. The summed E-state index contributed by atoms with van der Waals surface area (Å²) in [5, 5.41) is 10.7. The minimum absolute atomic E-state index is 0. The molecule has 0 aromatic carbocycles. The number of guanidine groups is 1. The summed E-state index contributed by atoms with van der Waals surface area (Å²) in [6.07, 6.45) is 0. The van der Waals surface area contributed by atoms with Crippen LogP contribution in [0.4, 0.5) is 4.79 Å². The second kappa shape index (κ2) is 8.82. The molecule has 1 aliphatic rings. The Morgan fingerprint density at radius 1 is 1.48 bits per heavy atom. The predicted octanol–water partition coefficient (Wildman–Crippen LogP) is 0.583. The van der Waals surface area contributed by atoms with Gasteiger partial charge in [0.1, 0.15) is 0 Å². The van der Waals surface area contributed by atoms with Crippen molar-refractivity contribution in [1.82, 2.24) is 20.9 Å². The molecule has 0 atom stereocenters. The second-order valence-electron chi connectivity index (χ2n) is 4.14. The van der Waals surface area contributed by atoms with Gasteiger partial charge in [0.05, 0.1) is 13.1 Å². The van der Waals surface area contributed by atoms with Crippen molar-refractivity contribution in [3.63, 3.8) is 0 Å². The van der Waals surface area contributed by atoms with Gasteiger partial charge in [-0.1, -0.05) is 6.07 Å². The first-order valence-corrected chi connectivity index (χ1v) is 7.14. The van der Waals surface area contributed by atoms with Crippen molar-refractivity contribution in [1.29, 1.82) is 0 Å². The molecule has 1 aromatic heterocycles. The maximum absolute atomic E-state index is 11.4. The molecule has 7 nitrogen and oxygen atoms in total. The number of hydrogen-bond donors (Lipinski definition) is 3. The number of amides is 3. The van der Waals surface area contributed by atoms with E-state index in [0.717, 1.165) is 0 Å². The first-order chi connectivity index (χ1) is 9.70. The maximum Gasteiger partial charge on any atom is 0.324 e. The normalized spacial score (nSPS) is 14.7. The number of thiophene rings is 1. The van der Waals surface area contributed by atoms with Crippen molar-refractivity contribution >= 4 is 53.2 Å². The summed E-state index contributed by atoms with van der Waals surface area (Å²) in [7, 11) is 1.68. The van der Waals surface area contributed by atoms with Crippen LogP contribution in [0.2, 0.25) is 0 Å². The molecule has 1 aromatic rings. The number of urea groups is 1. The molecule has 0 unspecified atom stereocenters. The molecule has 0 spiro atoms. The van der Waals surface area contributed by atoms with Gasteiger partial charge in [-0.25, -0.2) is 4.79 Å². The first kappa shape index (κ1) is 17.7. The Kier molecular flexibility index (Phi) is 7.43. The molecule has 0 saturated carbocycles. The van der Waals surface area contributed by atoms with E-state index in [9.17, 15) is 9.59 Å². The fourth-order valence-corrected chi connectivity index (χ4v) is 2.42. The zero-order chi connectivity index (χ0) is 14.4. The SMILES string of the molecule is CN=C(NCCN1C(=O)CNC1=O)NCc1cccs1.I. The van der Waals surface area contributed by atoms with Gasteiger partial charge in [-0.2, -0.15) is 0 Å². The van der Waals surface area contributed by atoms with E-state index in [4.69, 9.17) is 0 Å². The molecule has 1 saturated heterocycles. The van der Waals surface area contributed by atoms with Crippen molar-refractivity contribution in [2.75, 3.05) is 26.7 Å². The topological polar surface area (TPSA) is 85.8 Å². The third-order valence-electron chi connectivity index (χ3n) is 2.80. The number of carbonyl (C=O) groups is 2. The molecule has 3 N–H and O–H groups in total. The number of hydrogen-bond acceptors (Lipinski definition) is 4. The Balaban J connectivity index is 0.00000220. The van der Waals surface area contributed by atoms with Crippen LogP contribution in [0.3, 0.4) is 0 Å². The maximum atomic E-state index is 11.4. The van der Waals surface area contributed by atoms with E-state index >= 15 is 0 Å². The summed E-state index contributed by atoms with van der Waals surface area (Å²) in [5.74, 6) is 0.448. The van der Waals surface area contributed by atoms with Crippen LogP contribution in [0.1, 0.15) is 4.88 Å². The number of nitrogens with one attached hydrogen (secondary N) is 3. The molecule has 0 radical (unpaired) electrons. The lowest BCUT2D eigenvalue weighted by molar-refractivity contribution is -0.124. The van der Waals surface area contributed by atoms with Crippen molar-refractivity contribution in [3.05, 3.63) is 22.4 Å². The van der Waals surface area contributed by atoms with Crippen LogP contribution >= 0.6 is 35.3 Å². The lowest BCUT2D eigenvalue weighted by Gasteiger charge is -2.15. The summed E-state index contributed by atoms with van der Waals surface area (Å²) in [4.78, 5) is 29.2. The van der Waals surface area contributed by atoms with Gasteiger partial charge in [-0.3, -0.25) is 14.7 Å². The number of aliphatic imine (C=N–C) groups is 1. The van der Waals surface area contributed by atoms with Crippen LogP contribution < -0.4 is 16.0 Å². The van der Waals surface area contributed by atoms with Gasteiger partial charge in [0, 0.05) is 25.0 Å². The van der Waals surface area contributed by atoms with Gasteiger partial charge >= 0.3 is 6.03 Å². The zero-order valence-corrected chi connectivity index (χ0v) is 14.7. The van der Waals surface area contributed by atoms with E-state index in [1.54, 1.807) is 18.4 Å². The van der Waals surface area contributed by atoms with Crippen molar-refractivity contribution in [2.45, 2.75) is 6.54 Å². The van der Waals surface area contributed by atoms with Crippen LogP contribution in [0, 0.1) is 0 Å². The number of rotatable bonds is 5. The van der Waals surface area contributed by atoms with Gasteiger partial charge in [0.2, 0.25) is 5.91 Å². The largest absolute Gasteiger partial charge is 0.355 e. The minimum Gasteiger partial charge on any atom is -0.355 e. The Bertz CT molecular complexity index is 490. The van der Waals surface area contributed by atoms with E-state index in [1.807, 2.05) is 17.5 Å². The molecule has 2 heterocycles. The Morgan fingerprint density at radius 3 is 2.86 bits per heavy atom. The van der Waals surface area contributed by atoms with E-state index < -0.39 is 0 Å². The fourth-order valence-electron chi connectivity index (χ4n) is 1.77. The molecular weight excluding hydrogens is 405 g/mol. The van der Waals surface area contributed by atoms with Gasteiger partial charge in [-0.05, 0) is 11.4 Å². The van der Waals surface area contributed by atoms with Crippen LogP contribution in [-0.2, 0) is 11.3 Å². The van der Waals surface area contributed by atoms with Crippen molar-refractivity contribution < 1.29 is 9.59 Å². The molecule has 2 rings (SSSR count). The van der Waals surface area contributed by atoms with E-state index in [0.29, 0.717) is 25.6 Å². The van der Waals surface area contributed by atoms with Gasteiger partial charge in [0.15, 0.2) is 5.96 Å². The molecule has 21 heavy (non-hydrogen) atoms. The van der Waals surface area contributed by atoms with Crippen LogP contribution in [0.5, 0.6) is 0 Å². The standard InChI is InChI=1S/C12H17N5O2S.HI/c1-13-11(15-7-9-3-2-6-20-9)14-4-5-17-10(18)8-16-12(17)19;/h2-3,6H,4-5,7-8H2,1H3,(H,16,19)(H2,13,14,15);1H. The Hall–Kier alpha value is -1.36. The smallest absolute Gasteiger partial charge is 0.324 e. The number of halogens is 1. The molecule has 116 valence electrons. The summed E-state index contributed by atoms with van der Waals surface area (Å²) >= 11 is 1.67.